The molecule has 1 aliphatic heterocycles. The van der Waals surface area contributed by atoms with E-state index in [1.807, 2.05) is 0 Å². The molecule has 0 saturated carbocycles. The second kappa shape index (κ2) is 9.11. The largest absolute Gasteiger partial charge is 0.497 e. The molecule has 0 fully saturated rings. The maximum absolute atomic E-state index is 13.2. The predicted molar refractivity (Wildman–Crippen MR) is 135 cm³/mol. The number of benzene rings is 2. The average Bonchev–Trinajstić information content (AvgIpc) is 2.87. The first-order chi connectivity index (χ1) is 17.4. The molecule has 2 N–H and O–H groups in total. The van der Waals surface area contributed by atoms with E-state index in [0.29, 0.717) is 44.2 Å². The number of nitrogens with zero attached hydrogens (tertiary/aromatic N) is 2. The number of aromatic nitrogens is 1. The fraction of sp³-hybridized carbons (Fsp3) is 0.115. The van der Waals surface area contributed by atoms with E-state index in [1.54, 1.807) is 36.4 Å². The zero-order valence-electron chi connectivity index (χ0n) is 19.0. The molecule has 1 unspecified atom stereocenters. The summed E-state index contributed by atoms with van der Waals surface area (Å²) in [5.41, 5.74) is 7.73. The van der Waals surface area contributed by atoms with Crippen molar-refractivity contribution in [1.29, 1.82) is 5.26 Å². The highest BCUT2D eigenvalue weighted by atomic mass is 35.5. The molecule has 0 spiro atoms. The van der Waals surface area contributed by atoms with Gasteiger partial charge in [-0.1, -0.05) is 29.3 Å². The van der Waals surface area contributed by atoms with Crippen molar-refractivity contribution in [1.82, 2.24) is 4.98 Å². The molecule has 1 aliphatic rings. The normalized spacial score (nSPS) is 14.7. The van der Waals surface area contributed by atoms with Crippen LogP contribution < -0.4 is 25.6 Å². The van der Waals surface area contributed by atoms with Crippen LogP contribution in [0.25, 0.3) is 22.1 Å². The molecule has 8 nitrogen and oxygen atoms in total. The van der Waals surface area contributed by atoms with Crippen molar-refractivity contribution < 1.29 is 18.6 Å². The van der Waals surface area contributed by atoms with Crippen LogP contribution in [0.3, 0.4) is 0 Å². The molecule has 0 amide bonds. The average molecular weight is 522 g/mol. The molecule has 5 rings (SSSR count). The summed E-state index contributed by atoms with van der Waals surface area (Å²) in [6, 6.07) is 13.8. The standard InChI is InChI=1S/C26H17Cl2N3O5/c1-33-13-4-6-20-15(8-13)24-23(26(32)35-20)22(16(10-29)25(30)36-24)12-3-5-19(34-2)14(7-12)17-11-31-21(28)9-18(17)27/h3-9,11,22H,30H2,1-2H3. The van der Waals surface area contributed by atoms with Gasteiger partial charge in [-0.25, -0.2) is 9.78 Å². The van der Waals surface area contributed by atoms with Crippen LogP contribution in [0.2, 0.25) is 10.2 Å². The third-order valence-corrected chi connectivity index (χ3v) is 6.46. The summed E-state index contributed by atoms with van der Waals surface area (Å²) in [6.45, 7) is 0. The van der Waals surface area contributed by atoms with Crippen LogP contribution in [-0.2, 0) is 0 Å². The molecular weight excluding hydrogens is 505 g/mol. The molecule has 2 aromatic carbocycles. The first kappa shape index (κ1) is 23.5. The van der Waals surface area contributed by atoms with Crippen molar-refractivity contribution in [2.24, 2.45) is 5.73 Å². The van der Waals surface area contributed by atoms with E-state index in [-0.39, 0.29) is 27.9 Å². The Kier molecular flexibility index (Phi) is 5.96. The maximum atomic E-state index is 13.2. The van der Waals surface area contributed by atoms with Crippen LogP contribution in [0.15, 0.2) is 69.3 Å². The molecule has 1 atom stereocenters. The number of pyridine rings is 1. The zero-order chi connectivity index (χ0) is 25.6. The molecule has 2 aromatic heterocycles. The van der Waals surface area contributed by atoms with Gasteiger partial charge in [0.2, 0.25) is 5.88 Å². The summed E-state index contributed by atoms with van der Waals surface area (Å²) in [4.78, 5) is 17.4. The summed E-state index contributed by atoms with van der Waals surface area (Å²) < 4.78 is 22.3. The fourth-order valence-corrected chi connectivity index (χ4v) is 4.75. The lowest BCUT2D eigenvalue weighted by Gasteiger charge is -2.26. The fourth-order valence-electron chi connectivity index (χ4n) is 4.28. The van der Waals surface area contributed by atoms with Gasteiger partial charge in [-0.2, -0.15) is 5.26 Å². The van der Waals surface area contributed by atoms with Crippen molar-refractivity contribution in [3.05, 3.63) is 91.8 Å². The maximum Gasteiger partial charge on any atom is 0.344 e. The molecule has 0 aliphatic carbocycles. The molecule has 36 heavy (non-hydrogen) atoms. The van der Waals surface area contributed by atoms with Crippen LogP contribution in [-0.4, -0.2) is 19.2 Å². The lowest BCUT2D eigenvalue weighted by atomic mass is 9.82. The minimum atomic E-state index is -0.880. The smallest absolute Gasteiger partial charge is 0.344 e. The van der Waals surface area contributed by atoms with Crippen LogP contribution in [0, 0.1) is 11.3 Å². The molecule has 0 radical (unpaired) electrons. The van der Waals surface area contributed by atoms with Gasteiger partial charge in [0.1, 0.15) is 33.9 Å². The zero-order valence-corrected chi connectivity index (χ0v) is 20.5. The van der Waals surface area contributed by atoms with Gasteiger partial charge in [0.15, 0.2) is 5.75 Å². The van der Waals surface area contributed by atoms with Gasteiger partial charge in [0.25, 0.3) is 0 Å². The number of nitrogens with two attached hydrogens (primary N) is 1. The second-order valence-corrected chi connectivity index (χ2v) is 8.66. The molecule has 0 saturated heterocycles. The number of allylic oxidation sites excluding steroid dienone is 1. The lowest BCUT2D eigenvalue weighted by Crippen LogP contribution is -2.26. The van der Waals surface area contributed by atoms with Gasteiger partial charge >= 0.3 is 5.63 Å². The van der Waals surface area contributed by atoms with Gasteiger partial charge in [0, 0.05) is 17.3 Å². The monoisotopic (exact) mass is 521 g/mol. The molecule has 10 heteroatoms. The number of methoxy groups -OCH3 is 2. The molecule has 3 heterocycles. The Morgan fingerprint density at radius 3 is 2.58 bits per heavy atom. The topological polar surface area (TPSA) is 121 Å². The Bertz CT molecular complexity index is 1670. The number of fused-ring (bicyclic) bond motifs is 3. The molecule has 0 bridgehead atoms. The van der Waals surface area contributed by atoms with Crippen molar-refractivity contribution in [3.63, 3.8) is 0 Å². The summed E-state index contributed by atoms with van der Waals surface area (Å²) >= 11 is 12.4. The molecule has 180 valence electrons. The highest BCUT2D eigenvalue weighted by Gasteiger charge is 2.36. The van der Waals surface area contributed by atoms with E-state index in [4.69, 9.17) is 47.6 Å². The van der Waals surface area contributed by atoms with Crippen LogP contribution in [0.5, 0.6) is 17.2 Å². The third kappa shape index (κ3) is 3.79. The first-order valence-corrected chi connectivity index (χ1v) is 11.3. The first-order valence-electron chi connectivity index (χ1n) is 10.6. The summed E-state index contributed by atoms with van der Waals surface area (Å²) in [7, 11) is 3.04. The predicted octanol–water partition coefficient (Wildman–Crippen LogP) is 5.40. The highest BCUT2D eigenvalue weighted by Crippen LogP contribution is 2.46. The minimum absolute atomic E-state index is 0.0634. The second-order valence-electron chi connectivity index (χ2n) is 7.87. The van der Waals surface area contributed by atoms with Crippen molar-refractivity contribution in [3.8, 4) is 34.4 Å². The minimum Gasteiger partial charge on any atom is -0.497 e. The van der Waals surface area contributed by atoms with Crippen molar-refractivity contribution in [2.75, 3.05) is 14.2 Å². The number of hydrogen-bond donors (Lipinski definition) is 1. The summed E-state index contributed by atoms with van der Waals surface area (Å²) in [5.74, 6) is 0.236. The Labute approximate surface area is 215 Å². The van der Waals surface area contributed by atoms with E-state index in [0.717, 1.165) is 0 Å². The quantitative estimate of drug-likeness (QED) is 0.280. The number of nitriles is 1. The van der Waals surface area contributed by atoms with Crippen molar-refractivity contribution >= 4 is 34.2 Å². The van der Waals surface area contributed by atoms with E-state index in [9.17, 15) is 10.1 Å². The lowest BCUT2D eigenvalue weighted by molar-refractivity contribution is 0.386. The number of hydrogen-bond acceptors (Lipinski definition) is 8. The highest BCUT2D eigenvalue weighted by molar-refractivity contribution is 6.35. The molecule has 4 aromatic rings. The van der Waals surface area contributed by atoms with Crippen LogP contribution >= 0.6 is 23.2 Å². The van der Waals surface area contributed by atoms with Gasteiger partial charge in [-0.15, -0.1) is 0 Å². The number of halogens is 2. The SMILES string of the molecule is COc1ccc2oc(=O)c3c(c2c1)OC(N)=C(C#N)C3c1ccc(OC)c(-c2cnc(Cl)cc2Cl)c1. The van der Waals surface area contributed by atoms with E-state index < -0.39 is 11.5 Å². The van der Waals surface area contributed by atoms with E-state index in [1.165, 1.54) is 26.5 Å². The summed E-state index contributed by atoms with van der Waals surface area (Å²) in [5, 5.41) is 11.0. The Morgan fingerprint density at radius 2 is 1.89 bits per heavy atom. The van der Waals surface area contributed by atoms with Crippen molar-refractivity contribution in [2.45, 2.75) is 5.92 Å². The van der Waals surface area contributed by atoms with Gasteiger partial charge < -0.3 is 24.4 Å². The number of ether oxygens (including phenoxy) is 3. The van der Waals surface area contributed by atoms with Gasteiger partial charge in [-0.3, -0.25) is 0 Å². The Balaban J connectivity index is 1.80. The summed E-state index contributed by atoms with van der Waals surface area (Å²) in [6.07, 6.45) is 1.52. The van der Waals surface area contributed by atoms with E-state index in [2.05, 4.69) is 11.1 Å². The Hall–Kier alpha value is -4.19. The van der Waals surface area contributed by atoms with E-state index >= 15 is 0 Å². The van der Waals surface area contributed by atoms with Gasteiger partial charge in [-0.05, 0) is 42.0 Å². The number of rotatable bonds is 4. The van der Waals surface area contributed by atoms with Crippen LogP contribution in [0.1, 0.15) is 17.0 Å². The molecular formula is C26H17Cl2N3O5. The Morgan fingerprint density at radius 1 is 1.08 bits per heavy atom. The third-order valence-electron chi connectivity index (χ3n) is 5.94. The van der Waals surface area contributed by atoms with Gasteiger partial charge in [0.05, 0.1) is 36.1 Å². The van der Waals surface area contributed by atoms with Crippen LogP contribution in [0.4, 0.5) is 0 Å².